The number of nitrogens with two attached hydrogens (primary N) is 1. The van der Waals surface area contributed by atoms with Crippen LogP contribution in [0.1, 0.15) is 32.4 Å². The quantitative estimate of drug-likeness (QED) is 0.862. The number of aliphatic hydroxyl groups is 1. The van der Waals surface area contributed by atoms with E-state index >= 15 is 0 Å². The summed E-state index contributed by atoms with van der Waals surface area (Å²) >= 11 is 0. The lowest BCUT2D eigenvalue weighted by molar-refractivity contribution is 0.0400. The Labute approximate surface area is 109 Å². The molecule has 0 saturated heterocycles. The van der Waals surface area contributed by atoms with Crippen molar-refractivity contribution in [3.63, 3.8) is 0 Å². The van der Waals surface area contributed by atoms with Gasteiger partial charge < -0.3 is 20.3 Å². The van der Waals surface area contributed by atoms with Gasteiger partial charge in [0.05, 0.1) is 26.4 Å². The van der Waals surface area contributed by atoms with Gasteiger partial charge in [-0.15, -0.1) is 0 Å². The first-order valence-corrected chi connectivity index (χ1v) is 5.96. The van der Waals surface area contributed by atoms with Crippen LogP contribution in [-0.4, -0.2) is 25.4 Å². The predicted octanol–water partition coefficient (Wildman–Crippen LogP) is 2.11. The van der Waals surface area contributed by atoms with Crippen molar-refractivity contribution in [2.75, 3.05) is 14.2 Å². The van der Waals surface area contributed by atoms with Crippen LogP contribution in [-0.2, 0) is 0 Å². The summed E-state index contributed by atoms with van der Waals surface area (Å²) in [6, 6.07) is 4.99. The van der Waals surface area contributed by atoms with Crippen LogP contribution in [0.25, 0.3) is 0 Å². The van der Waals surface area contributed by atoms with Gasteiger partial charge in [0, 0.05) is 0 Å². The Kier molecular flexibility index (Phi) is 4.59. The maximum Gasteiger partial charge on any atom is 0.161 e. The van der Waals surface area contributed by atoms with E-state index < -0.39 is 12.1 Å². The molecule has 0 fully saturated rings. The summed E-state index contributed by atoms with van der Waals surface area (Å²) < 4.78 is 10.4. The molecule has 0 radical (unpaired) electrons. The molecule has 1 rings (SSSR count). The third-order valence-corrected chi connectivity index (χ3v) is 3.02. The van der Waals surface area contributed by atoms with Crippen LogP contribution in [0.3, 0.4) is 0 Å². The van der Waals surface area contributed by atoms with E-state index in [0.29, 0.717) is 11.5 Å². The van der Waals surface area contributed by atoms with Crippen molar-refractivity contribution in [2.24, 2.45) is 11.1 Å². The number of hydrogen-bond donors (Lipinski definition) is 2. The van der Waals surface area contributed by atoms with Crippen molar-refractivity contribution < 1.29 is 14.6 Å². The summed E-state index contributed by atoms with van der Waals surface area (Å²) in [4.78, 5) is 0. The van der Waals surface area contributed by atoms with Gasteiger partial charge in [-0.25, -0.2) is 0 Å². The molecule has 0 aromatic heterocycles. The molecule has 0 aliphatic carbocycles. The fourth-order valence-corrected chi connectivity index (χ4v) is 1.78. The number of ether oxygens (including phenoxy) is 2. The van der Waals surface area contributed by atoms with Crippen LogP contribution in [0.15, 0.2) is 18.2 Å². The second-order valence-electron chi connectivity index (χ2n) is 5.45. The van der Waals surface area contributed by atoms with E-state index in [-0.39, 0.29) is 5.41 Å². The average molecular weight is 253 g/mol. The SMILES string of the molecule is COc1ccc([C@H](N)[C@H](O)C(C)(C)C)cc1OC. The molecule has 0 aliphatic heterocycles. The Morgan fingerprint density at radius 1 is 1.11 bits per heavy atom. The van der Waals surface area contributed by atoms with E-state index in [1.54, 1.807) is 26.4 Å². The summed E-state index contributed by atoms with van der Waals surface area (Å²) in [7, 11) is 3.16. The highest BCUT2D eigenvalue weighted by Crippen LogP contribution is 2.33. The standard InChI is InChI=1S/C14H23NO3/c1-14(2,3)13(16)12(15)9-6-7-10(17-4)11(8-9)18-5/h6-8,12-13,16H,15H2,1-5H3/t12-,13-/m0/s1. The molecular formula is C14H23NO3. The minimum atomic E-state index is -0.629. The van der Waals surface area contributed by atoms with Gasteiger partial charge in [-0.1, -0.05) is 26.8 Å². The number of rotatable bonds is 4. The summed E-state index contributed by atoms with van der Waals surface area (Å²) in [5.41, 5.74) is 6.65. The number of methoxy groups -OCH3 is 2. The molecule has 0 bridgehead atoms. The smallest absolute Gasteiger partial charge is 0.161 e. The van der Waals surface area contributed by atoms with Gasteiger partial charge in [-0.3, -0.25) is 0 Å². The third kappa shape index (κ3) is 3.15. The van der Waals surface area contributed by atoms with Crippen molar-refractivity contribution in [1.82, 2.24) is 0 Å². The largest absolute Gasteiger partial charge is 0.493 e. The highest BCUT2D eigenvalue weighted by molar-refractivity contribution is 5.44. The van der Waals surface area contributed by atoms with Gasteiger partial charge in [0.2, 0.25) is 0 Å². The van der Waals surface area contributed by atoms with Crippen LogP contribution < -0.4 is 15.2 Å². The maximum absolute atomic E-state index is 10.2. The molecule has 2 atom stereocenters. The van der Waals surface area contributed by atoms with Crippen molar-refractivity contribution >= 4 is 0 Å². The van der Waals surface area contributed by atoms with E-state index in [2.05, 4.69) is 0 Å². The molecule has 0 aliphatic rings. The van der Waals surface area contributed by atoms with Crippen LogP contribution in [0.2, 0.25) is 0 Å². The summed E-state index contributed by atoms with van der Waals surface area (Å²) in [5, 5.41) is 10.2. The van der Waals surface area contributed by atoms with E-state index in [0.717, 1.165) is 5.56 Å². The lowest BCUT2D eigenvalue weighted by Crippen LogP contribution is -2.36. The minimum absolute atomic E-state index is 0.271. The molecule has 4 heteroatoms. The van der Waals surface area contributed by atoms with Crippen molar-refractivity contribution in [2.45, 2.75) is 32.9 Å². The first kappa shape index (κ1) is 14.8. The van der Waals surface area contributed by atoms with Crippen molar-refractivity contribution in [3.8, 4) is 11.5 Å². The molecule has 0 saturated carbocycles. The Hall–Kier alpha value is -1.26. The van der Waals surface area contributed by atoms with E-state index in [1.807, 2.05) is 26.8 Å². The zero-order valence-electron chi connectivity index (χ0n) is 11.7. The molecule has 4 nitrogen and oxygen atoms in total. The highest BCUT2D eigenvalue weighted by atomic mass is 16.5. The molecular weight excluding hydrogens is 230 g/mol. The Bertz CT molecular complexity index is 399. The lowest BCUT2D eigenvalue weighted by atomic mass is 9.82. The molecule has 0 amide bonds. The molecule has 1 aromatic rings. The summed E-state index contributed by atoms with van der Waals surface area (Å²) in [6.07, 6.45) is -0.629. The molecule has 18 heavy (non-hydrogen) atoms. The van der Waals surface area contributed by atoms with Gasteiger partial charge in [0.25, 0.3) is 0 Å². The first-order chi connectivity index (χ1) is 8.31. The predicted molar refractivity (Wildman–Crippen MR) is 71.9 cm³/mol. The Morgan fingerprint density at radius 3 is 2.11 bits per heavy atom. The molecule has 0 unspecified atom stereocenters. The summed E-state index contributed by atoms with van der Waals surface area (Å²) in [5.74, 6) is 1.27. The Morgan fingerprint density at radius 2 is 1.67 bits per heavy atom. The molecule has 1 aromatic carbocycles. The second kappa shape index (κ2) is 5.59. The average Bonchev–Trinajstić information content (AvgIpc) is 2.34. The first-order valence-electron chi connectivity index (χ1n) is 5.96. The number of hydrogen-bond acceptors (Lipinski definition) is 4. The summed E-state index contributed by atoms with van der Waals surface area (Å²) in [6.45, 7) is 5.87. The topological polar surface area (TPSA) is 64.7 Å². The van der Waals surface area contributed by atoms with Gasteiger partial charge in [0.15, 0.2) is 11.5 Å². The Balaban J connectivity index is 3.03. The maximum atomic E-state index is 10.2. The molecule has 0 spiro atoms. The van der Waals surface area contributed by atoms with Crippen LogP contribution in [0, 0.1) is 5.41 Å². The van der Waals surface area contributed by atoms with E-state index in [4.69, 9.17) is 15.2 Å². The fraction of sp³-hybridized carbons (Fsp3) is 0.571. The zero-order valence-corrected chi connectivity index (χ0v) is 11.7. The minimum Gasteiger partial charge on any atom is -0.493 e. The van der Waals surface area contributed by atoms with E-state index in [1.165, 1.54) is 0 Å². The normalized spacial score (nSPS) is 15.1. The monoisotopic (exact) mass is 253 g/mol. The molecule has 0 heterocycles. The van der Waals surface area contributed by atoms with Gasteiger partial charge in [0.1, 0.15) is 0 Å². The van der Waals surface area contributed by atoms with Crippen molar-refractivity contribution in [1.29, 1.82) is 0 Å². The van der Waals surface area contributed by atoms with Gasteiger partial charge in [-0.2, -0.15) is 0 Å². The number of benzene rings is 1. The zero-order chi connectivity index (χ0) is 13.9. The van der Waals surface area contributed by atoms with Gasteiger partial charge in [-0.05, 0) is 23.1 Å². The fourth-order valence-electron chi connectivity index (χ4n) is 1.78. The van der Waals surface area contributed by atoms with Crippen LogP contribution >= 0.6 is 0 Å². The lowest BCUT2D eigenvalue weighted by Gasteiger charge is -2.31. The molecule has 102 valence electrons. The third-order valence-electron chi connectivity index (χ3n) is 3.02. The van der Waals surface area contributed by atoms with Gasteiger partial charge >= 0.3 is 0 Å². The highest BCUT2D eigenvalue weighted by Gasteiger charge is 2.29. The number of aliphatic hydroxyl groups excluding tert-OH is 1. The van der Waals surface area contributed by atoms with Crippen LogP contribution in [0.4, 0.5) is 0 Å². The van der Waals surface area contributed by atoms with Crippen molar-refractivity contribution in [3.05, 3.63) is 23.8 Å². The van der Waals surface area contributed by atoms with E-state index in [9.17, 15) is 5.11 Å². The second-order valence-corrected chi connectivity index (χ2v) is 5.45. The van der Waals surface area contributed by atoms with Crippen LogP contribution in [0.5, 0.6) is 11.5 Å². The molecule has 3 N–H and O–H groups in total.